The highest BCUT2D eigenvalue weighted by Crippen LogP contribution is 2.48. The molecular weight excluding hydrogens is 905 g/mol. The first-order valence-electron chi connectivity index (χ1n) is 21.4. The predicted molar refractivity (Wildman–Crippen MR) is 280 cm³/mol. The molecular formula is C50H58O8S2Si4. The Balaban J connectivity index is 1.94. The van der Waals surface area contributed by atoms with Gasteiger partial charge in [0.1, 0.15) is 0 Å². The maximum atomic E-state index is 14.2. The van der Waals surface area contributed by atoms with Gasteiger partial charge in [0.15, 0.2) is 0 Å². The summed E-state index contributed by atoms with van der Waals surface area (Å²) in [5.74, 6) is -2.20. The van der Waals surface area contributed by atoms with Crippen molar-refractivity contribution in [1.29, 1.82) is 0 Å². The third-order valence-electron chi connectivity index (χ3n) is 12.1. The molecule has 0 spiro atoms. The van der Waals surface area contributed by atoms with E-state index in [9.17, 15) is 19.2 Å². The summed E-state index contributed by atoms with van der Waals surface area (Å²) in [7, 11) is -4.41. The van der Waals surface area contributed by atoms with Crippen LogP contribution in [0.15, 0.2) is 59.3 Å². The average molecular weight is 963 g/mol. The van der Waals surface area contributed by atoms with Crippen LogP contribution in [0.4, 0.5) is 0 Å². The molecule has 0 amide bonds. The summed E-state index contributed by atoms with van der Waals surface area (Å²) in [6.07, 6.45) is 0. The van der Waals surface area contributed by atoms with E-state index in [-0.39, 0.29) is 0 Å². The van der Waals surface area contributed by atoms with Gasteiger partial charge in [-0.25, -0.2) is 19.2 Å². The lowest BCUT2D eigenvalue weighted by molar-refractivity contribution is 0.0558. The van der Waals surface area contributed by atoms with Crippen LogP contribution < -0.4 is 20.7 Å². The summed E-state index contributed by atoms with van der Waals surface area (Å²) >= 11 is 3.32. The van der Waals surface area contributed by atoms with Crippen molar-refractivity contribution in [2.75, 3.05) is 28.4 Å². The van der Waals surface area contributed by atoms with Crippen LogP contribution >= 0.6 is 22.7 Å². The van der Waals surface area contributed by atoms with Crippen LogP contribution in [0.1, 0.15) is 41.4 Å². The first kappa shape index (κ1) is 47.3. The smallest absolute Gasteiger partial charge is 0.338 e. The van der Waals surface area contributed by atoms with E-state index in [1.165, 1.54) is 28.4 Å². The summed E-state index contributed by atoms with van der Waals surface area (Å²) in [6, 6.07) is 17.5. The maximum Gasteiger partial charge on any atom is 0.338 e. The molecule has 5 aromatic carbocycles. The van der Waals surface area contributed by atoms with Crippen molar-refractivity contribution in [2.45, 2.75) is 78.6 Å². The number of methoxy groups -OCH3 is 4. The minimum absolute atomic E-state index is 0.302. The molecule has 7 aromatic rings. The van der Waals surface area contributed by atoms with E-state index in [1.807, 2.05) is 0 Å². The van der Waals surface area contributed by atoms with Crippen molar-refractivity contribution in [3.05, 3.63) is 81.5 Å². The van der Waals surface area contributed by atoms with Gasteiger partial charge < -0.3 is 18.9 Å². The second-order valence-corrected chi connectivity index (χ2v) is 42.5. The molecule has 14 heteroatoms. The summed E-state index contributed by atoms with van der Waals surface area (Å²) in [6.45, 7) is 26.4. The van der Waals surface area contributed by atoms with Gasteiger partial charge in [-0.2, -0.15) is 0 Å². The Morgan fingerprint density at radius 2 is 0.594 bits per heavy atom. The number of hydrogen-bond donors (Lipinski definition) is 0. The number of thiophene rings is 2. The van der Waals surface area contributed by atoms with E-state index in [2.05, 4.69) is 138 Å². The van der Waals surface area contributed by atoms with Gasteiger partial charge in [-0.3, -0.25) is 0 Å². The van der Waals surface area contributed by atoms with Gasteiger partial charge in [-0.15, -0.1) is 22.7 Å². The van der Waals surface area contributed by atoms with Crippen LogP contribution in [-0.4, -0.2) is 84.6 Å². The molecule has 0 radical (unpaired) electrons. The van der Waals surface area contributed by atoms with E-state index in [0.717, 1.165) is 84.7 Å². The molecule has 0 saturated heterocycles. The molecule has 0 aliphatic rings. The van der Waals surface area contributed by atoms with Crippen molar-refractivity contribution in [2.24, 2.45) is 0 Å². The van der Waals surface area contributed by atoms with Crippen LogP contribution in [-0.2, 0) is 18.9 Å². The molecule has 7 rings (SSSR count). The van der Waals surface area contributed by atoms with E-state index in [0.29, 0.717) is 22.3 Å². The number of ether oxygens (including phenoxy) is 4. The monoisotopic (exact) mass is 962 g/mol. The average Bonchev–Trinajstić information content (AvgIpc) is 3.95. The molecule has 0 aliphatic carbocycles. The molecule has 0 saturated carbocycles. The fourth-order valence-corrected chi connectivity index (χ4v) is 19.5. The topological polar surface area (TPSA) is 105 Å². The third kappa shape index (κ3) is 7.72. The molecule has 0 fully saturated rings. The molecule has 0 atom stereocenters. The standard InChI is InChI=1S/C50H58O8S2Si4/c1-55-47(51)39-40(48(52)56-2)44(62(8,9)10)32-24-28-27(23-31(32)43(39)61(5,6)7)37(35-19-17-21-59-35)29-25-33-34(26-30(29)38(28)36-20-18-22-60-36)46(64(14,15)16)42(50(54)58-4)41(49(53)57-3)45(33)63(11,12)13/h17-26H,1-16H3. The first-order chi connectivity index (χ1) is 29.8. The van der Waals surface area contributed by atoms with Gasteiger partial charge in [0.2, 0.25) is 0 Å². The quantitative estimate of drug-likeness (QED) is 0.0578. The largest absolute Gasteiger partial charge is 0.465 e. The lowest BCUT2D eigenvalue weighted by atomic mass is 9.86. The van der Waals surface area contributed by atoms with Crippen molar-refractivity contribution in [3.63, 3.8) is 0 Å². The number of rotatable bonds is 10. The molecule has 0 aliphatic heterocycles. The van der Waals surface area contributed by atoms with Crippen molar-refractivity contribution in [3.8, 4) is 20.9 Å². The normalized spacial score (nSPS) is 12.6. The summed E-state index contributed by atoms with van der Waals surface area (Å²) in [5, 5.41) is 15.4. The van der Waals surface area contributed by atoms with Crippen molar-refractivity contribution >= 4 is 143 Å². The molecule has 0 unspecified atom stereocenters. The molecule has 64 heavy (non-hydrogen) atoms. The van der Waals surface area contributed by atoms with Crippen molar-refractivity contribution < 1.29 is 38.1 Å². The highest BCUT2D eigenvalue weighted by molar-refractivity contribution is 7.14. The lowest BCUT2D eigenvalue weighted by Gasteiger charge is -2.32. The molecule has 2 heterocycles. The Morgan fingerprint density at radius 1 is 0.375 bits per heavy atom. The van der Waals surface area contributed by atoms with Crippen molar-refractivity contribution in [1.82, 2.24) is 0 Å². The Bertz CT molecular complexity index is 2710. The second-order valence-electron chi connectivity index (χ2n) is 20.6. The van der Waals surface area contributed by atoms with Crippen LogP contribution in [0.3, 0.4) is 0 Å². The summed E-state index contributed by atoms with van der Waals surface area (Å²) < 4.78 is 22.1. The maximum absolute atomic E-state index is 14.2. The van der Waals surface area contributed by atoms with E-state index < -0.39 is 56.2 Å². The van der Waals surface area contributed by atoms with Gasteiger partial charge in [0.25, 0.3) is 0 Å². The molecule has 0 bridgehead atoms. The lowest BCUT2D eigenvalue weighted by Crippen LogP contribution is -2.50. The predicted octanol–water partition coefficient (Wildman–Crippen LogP) is 11.1. The minimum Gasteiger partial charge on any atom is -0.465 e. The van der Waals surface area contributed by atoms with Gasteiger partial charge in [-0.05, 0) is 111 Å². The highest BCUT2D eigenvalue weighted by atomic mass is 32.1. The van der Waals surface area contributed by atoms with Gasteiger partial charge in [0, 0.05) is 20.9 Å². The molecule has 334 valence electrons. The van der Waals surface area contributed by atoms with Crippen LogP contribution in [0.25, 0.3) is 64.0 Å². The van der Waals surface area contributed by atoms with Crippen LogP contribution in [0.2, 0.25) is 78.6 Å². The first-order valence-corrected chi connectivity index (χ1v) is 37.1. The Morgan fingerprint density at radius 3 is 0.750 bits per heavy atom. The zero-order valence-corrected chi connectivity index (χ0v) is 45.5. The van der Waals surface area contributed by atoms with Gasteiger partial charge >= 0.3 is 23.9 Å². The zero-order valence-electron chi connectivity index (χ0n) is 39.9. The number of benzene rings is 5. The van der Waals surface area contributed by atoms with Gasteiger partial charge in [-0.1, -0.05) is 90.7 Å². The Kier molecular flexibility index (Phi) is 12.3. The Labute approximate surface area is 387 Å². The Hall–Kier alpha value is -4.71. The summed E-state index contributed by atoms with van der Waals surface area (Å²) in [5.41, 5.74) is 3.27. The fourth-order valence-electron chi connectivity index (χ4n) is 9.90. The fraction of sp³-hybridized carbons (Fsp3) is 0.320. The van der Waals surface area contributed by atoms with E-state index in [4.69, 9.17) is 18.9 Å². The number of hydrogen-bond acceptors (Lipinski definition) is 10. The number of carbonyl (C=O) groups is 4. The SMILES string of the molecule is COC(=O)c1c(C(=O)OC)c([Si](C)(C)C)c2cc3c(-c4cccs4)c4cc5c([Si](C)(C)C)c(C(=O)OC)c(C(=O)OC)c([Si](C)(C)C)c5cc4c(-c4cccs4)c3cc2c1[Si](C)(C)C. The van der Waals surface area contributed by atoms with Crippen LogP contribution in [0, 0.1) is 0 Å². The van der Waals surface area contributed by atoms with Gasteiger partial charge in [0.05, 0.1) is 83.0 Å². The molecule has 8 nitrogen and oxygen atoms in total. The van der Waals surface area contributed by atoms with E-state index in [1.54, 1.807) is 22.7 Å². The number of esters is 4. The number of fused-ring (bicyclic) bond motifs is 4. The second kappa shape index (κ2) is 16.6. The molecule has 2 aromatic heterocycles. The third-order valence-corrected chi connectivity index (χ3v) is 21.9. The highest BCUT2D eigenvalue weighted by Gasteiger charge is 2.41. The number of carbonyl (C=O) groups excluding carboxylic acids is 4. The van der Waals surface area contributed by atoms with Crippen LogP contribution in [0.5, 0.6) is 0 Å². The minimum atomic E-state index is -2.47. The van der Waals surface area contributed by atoms with E-state index >= 15 is 0 Å². The summed E-state index contributed by atoms with van der Waals surface area (Å²) in [4.78, 5) is 59.0. The zero-order chi connectivity index (χ0) is 47.2. The molecule has 0 N–H and O–H groups in total.